The van der Waals surface area contributed by atoms with Crippen molar-refractivity contribution in [3.05, 3.63) is 52.2 Å². The number of ether oxygens (including phenoxy) is 1. The van der Waals surface area contributed by atoms with Crippen molar-refractivity contribution < 1.29 is 14.6 Å². The van der Waals surface area contributed by atoms with Gasteiger partial charge in [0.15, 0.2) is 0 Å². The summed E-state index contributed by atoms with van der Waals surface area (Å²) < 4.78 is 5.53. The first-order valence-corrected chi connectivity index (χ1v) is 7.70. The number of carbonyl (C=O) groups is 1. The lowest BCUT2D eigenvalue weighted by Crippen LogP contribution is -2.28. The summed E-state index contributed by atoms with van der Waals surface area (Å²) in [5, 5.41) is 14.5. The van der Waals surface area contributed by atoms with Crippen LogP contribution in [0, 0.1) is 0 Å². The van der Waals surface area contributed by atoms with E-state index in [9.17, 15) is 9.90 Å². The molecule has 0 bridgehead atoms. The van der Waals surface area contributed by atoms with Crippen LogP contribution in [0.4, 0.5) is 0 Å². The van der Waals surface area contributed by atoms with Gasteiger partial charge in [0, 0.05) is 17.0 Å². The Labute approximate surface area is 128 Å². The van der Waals surface area contributed by atoms with Crippen molar-refractivity contribution in [1.29, 1.82) is 0 Å². The normalized spacial score (nSPS) is 12.2. The summed E-state index contributed by atoms with van der Waals surface area (Å²) in [5.74, 6) is 0.530. The number of carbonyl (C=O) groups excluding carboxylic acids is 1. The third-order valence-electron chi connectivity index (χ3n) is 2.82. The summed E-state index contributed by atoms with van der Waals surface area (Å²) in [6.45, 7) is 4.10. The number of amides is 1. The predicted molar refractivity (Wildman–Crippen MR) is 83.8 cm³/mol. The molecule has 1 atom stereocenters. The van der Waals surface area contributed by atoms with Gasteiger partial charge in [-0.1, -0.05) is 6.07 Å². The molecule has 2 aromatic rings. The molecule has 0 saturated carbocycles. The van der Waals surface area contributed by atoms with Gasteiger partial charge in [0.2, 0.25) is 0 Å². The molecular weight excluding hydrogens is 286 g/mol. The number of nitrogens with one attached hydrogen (secondary N) is 1. The Morgan fingerprint density at radius 2 is 2.00 bits per heavy atom. The zero-order valence-corrected chi connectivity index (χ0v) is 12.9. The minimum atomic E-state index is -0.669. The van der Waals surface area contributed by atoms with Gasteiger partial charge in [0.05, 0.1) is 6.10 Å². The van der Waals surface area contributed by atoms with Crippen molar-refractivity contribution in [1.82, 2.24) is 5.32 Å². The Morgan fingerprint density at radius 1 is 1.29 bits per heavy atom. The molecular formula is C16H19NO3S. The average Bonchev–Trinajstić information content (AvgIpc) is 2.99. The number of hydrogen-bond acceptors (Lipinski definition) is 4. The molecule has 2 rings (SSSR count). The second-order valence-corrected chi connectivity index (χ2v) is 5.91. The zero-order valence-electron chi connectivity index (χ0n) is 12.1. The van der Waals surface area contributed by atoms with E-state index in [4.69, 9.17) is 4.74 Å². The molecule has 0 radical (unpaired) electrons. The van der Waals surface area contributed by atoms with Crippen LogP contribution in [-0.4, -0.2) is 23.7 Å². The third-order valence-corrected chi connectivity index (χ3v) is 3.79. The number of benzene rings is 1. The standard InChI is InChI=1S/C16H19NO3S/c1-11(2)20-13-7-5-12(6-8-13)16(19)17-10-14(18)15-4-3-9-21-15/h3-9,11,14,18H,10H2,1-2H3,(H,17,19). The Kier molecular flexibility index (Phi) is 5.36. The first kappa shape index (κ1) is 15.5. The molecule has 5 heteroatoms. The molecule has 1 unspecified atom stereocenters. The van der Waals surface area contributed by atoms with Crippen molar-refractivity contribution in [3.63, 3.8) is 0 Å². The Morgan fingerprint density at radius 3 is 2.57 bits per heavy atom. The summed E-state index contributed by atoms with van der Waals surface area (Å²) in [6, 6.07) is 10.7. The molecule has 2 N–H and O–H groups in total. The molecule has 1 aromatic heterocycles. The summed E-state index contributed by atoms with van der Waals surface area (Å²) >= 11 is 1.47. The second-order valence-electron chi connectivity index (χ2n) is 4.93. The van der Waals surface area contributed by atoms with E-state index >= 15 is 0 Å². The summed E-state index contributed by atoms with van der Waals surface area (Å²) in [6.07, 6.45) is -0.567. The summed E-state index contributed by atoms with van der Waals surface area (Å²) in [7, 11) is 0. The van der Waals surface area contributed by atoms with Crippen LogP contribution >= 0.6 is 11.3 Å². The number of aliphatic hydroxyl groups excluding tert-OH is 1. The smallest absolute Gasteiger partial charge is 0.251 e. The molecule has 1 heterocycles. The van der Waals surface area contributed by atoms with Crippen molar-refractivity contribution >= 4 is 17.2 Å². The quantitative estimate of drug-likeness (QED) is 0.862. The lowest BCUT2D eigenvalue weighted by molar-refractivity contribution is 0.0918. The number of hydrogen-bond donors (Lipinski definition) is 2. The van der Waals surface area contributed by atoms with Gasteiger partial charge in [-0.25, -0.2) is 0 Å². The van der Waals surface area contributed by atoms with E-state index in [1.54, 1.807) is 24.3 Å². The van der Waals surface area contributed by atoms with Crippen molar-refractivity contribution in [2.75, 3.05) is 6.54 Å². The van der Waals surface area contributed by atoms with E-state index in [0.717, 1.165) is 10.6 Å². The van der Waals surface area contributed by atoms with Gasteiger partial charge >= 0.3 is 0 Å². The highest BCUT2D eigenvalue weighted by Crippen LogP contribution is 2.18. The van der Waals surface area contributed by atoms with Crippen LogP contribution < -0.4 is 10.1 Å². The van der Waals surface area contributed by atoms with Crippen molar-refractivity contribution in [2.24, 2.45) is 0 Å². The van der Waals surface area contributed by atoms with E-state index < -0.39 is 6.10 Å². The first-order valence-electron chi connectivity index (χ1n) is 6.82. The second kappa shape index (κ2) is 7.24. The fourth-order valence-corrected chi connectivity index (χ4v) is 2.54. The molecule has 0 aliphatic carbocycles. The lowest BCUT2D eigenvalue weighted by atomic mass is 10.2. The molecule has 112 valence electrons. The highest BCUT2D eigenvalue weighted by Gasteiger charge is 2.11. The maximum atomic E-state index is 12.0. The molecule has 21 heavy (non-hydrogen) atoms. The van der Waals surface area contributed by atoms with E-state index in [0.29, 0.717) is 5.56 Å². The minimum Gasteiger partial charge on any atom is -0.491 e. The molecule has 0 aliphatic rings. The molecule has 1 amide bonds. The lowest BCUT2D eigenvalue weighted by Gasteiger charge is -2.12. The molecule has 0 aliphatic heterocycles. The number of rotatable bonds is 6. The van der Waals surface area contributed by atoms with Crippen LogP contribution in [0.2, 0.25) is 0 Å². The largest absolute Gasteiger partial charge is 0.491 e. The van der Waals surface area contributed by atoms with Gasteiger partial charge < -0.3 is 15.2 Å². The van der Waals surface area contributed by atoms with Crippen LogP contribution in [0.5, 0.6) is 5.75 Å². The van der Waals surface area contributed by atoms with E-state index in [1.807, 2.05) is 31.4 Å². The molecule has 0 spiro atoms. The van der Waals surface area contributed by atoms with Crippen molar-refractivity contribution in [3.8, 4) is 5.75 Å². The summed E-state index contributed by atoms with van der Waals surface area (Å²) in [5.41, 5.74) is 0.546. The van der Waals surface area contributed by atoms with Gasteiger partial charge in [-0.15, -0.1) is 11.3 Å². The van der Waals surface area contributed by atoms with Crippen LogP contribution in [0.3, 0.4) is 0 Å². The third kappa shape index (κ3) is 4.58. The number of aliphatic hydroxyl groups is 1. The SMILES string of the molecule is CC(C)Oc1ccc(C(=O)NCC(O)c2cccs2)cc1. The van der Waals surface area contributed by atoms with E-state index in [-0.39, 0.29) is 18.6 Å². The van der Waals surface area contributed by atoms with Crippen LogP contribution in [0.25, 0.3) is 0 Å². The Hall–Kier alpha value is -1.85. The fourth-order valence-electron chi connectivity index (χ4n) is 1.83. The van der Waals surface area contributed by atoms with Crippen molar-refractivity contribution in [2.45, 2.75) is 26.1 Å². The highest BCUT2D eigenvalue weighted by atomic mass is 32.1. The maximum Gasteiger partial charge on any atom is 0.251 e. The Bertz CT molecular complexity index is 564. The summed E-state index contributed by atoms with van der Waals surface area (Å²) in [4.78, 5) is 12.8. The highest BCUT2D eigenvalue weighted by molar-refractivity contribution is 7.10. The van der Waals surface area contributed by atoms with Gasteiger partial charge in [0.1, 0.15) is 11.9 Å². The van der Waals surface area contributed by atoms with Gasteiger partial charge in [-0.05, 0) is 49.6 Å². The molecule has 0 fully saturated rings. The van der Waals surface area contributed by atoms with Gasteiger partial charge in [0.25, 0.3) is 5.91 Å². The van der Waals surface area contributed by atoms with Gasteiger partial charge in [-0.2, -0.15) is 0 Å². The first-order chi connectivity index (χ1) is 10.1. The fraction of sp³-hybridized carbons (Fsp3) is 0.312. The topological polar surface area (TPSA) is 58.6 Å². The van der Waals surface area contributed by atoms with Crippen LogP contribution in [0.15, 0.2) is 41.8 Å². The zero-order chi connectivity index (χ0) is 15.2. The minimum absolute atomic E-state index is 0.102. The maximum absolute atomic E-state index is 12.0. The van der Waals surface area contributed by atoms with E-state index in [1.165, 1.54) is 11.3 Å². The molecule has 1 aromatic carbocycles. The number of thiophene rings is 1. The monoisotopic (exact) mass is 305 g/mol. The van der Waals surface area contributed by atoms with E-state index in [2.05, 4.69) is 5.32 Å². The molecule has 4 nitrogen and oxygen atoms in total. The van der Waals surface area contributed by atoms with Gasteiger partial charge in [-0.3, -0.25) is 4.79 Å². The van der Waals surface area contributed by atoms with Crippen LogP contribution in [-0.2, 0) is 0 Å². The molecule has 0 saturated heterocycles. The van der Waals surface area contributed by atoms with Crippen LogP contribution in [0.1, 0.15) is 35.2 Å². The Balaban J connectivity index is 1.88. The predicted octanol–water partition coefficient (Wildman–Crippen LogP) is 3.00. The average molecular weight is 305 g/mol.